The largest absolute Gasteiger partial charge is 0.378 e. The van der Waals surface area contributed by atoms with Crippen molar-refractivity contribution in [1.82, 2.24) is 10.2 Å². The van der Waals surface area contributed by atoms with E-state index in [-0.39, 0.29) is 18.1 Å². The maximum absolute atomic E-state index is 12.1. The number of likely N-dealkylation sites (tertiary alicyclic amines) is 1. The number of nitrogens with two attached hydrogens (primary N) is 1. The smallest absolute Gasteiger partial charge is 0.247 e. The first-order chi connectivity index (χ1) is 15.5. The van der Waals surface area contributed by atoms with Crippen molar-refractivity contribution in [2.24, 2.45) is 5.73 Å². The second-order valence-electron chi connectivity index (χ2n) is 6.45. The Balaban J connectivity index is -0.000000381. The van der Waals surface area contributed by atoms with Crippen LogP contribution in [0.2, 0.25) is 0 Å². The highest BCUT2D eigenvalue weighted by molar-refractivity contribution is 5.93. The van der Waals surface area contributed by atoms with Crippen LogP contribution in [0.1, 0.15) is 73.6 Å². The maximum atomic E-state index is 12.1. The molecule has 1 amide bonds. The van der Waals surface area contributed by atoms with Gasteiger partial charge in [-0.2, -0.15) is 0 Å². The van der Waals surface area contributed by atoms with Crippen LogP contribution in [0.5, 0.6) is 0 Å². The number of unbranched alkanes of at least 4 members (excludes halogenated alkanes) is 3. The molecule has 1 fully saturated rings. The van der Waals surface area contributed by atoms with E-state index < -0.39 is 0 Å². The molecule has 6 nitrogen and oxygen atoms in total. The molecule has 2 atom stereocenters. The second kappa shape index (κ2) is 31.4. The molecular formula is C26H53N3O3. The van der Waals surface area contributed by atoms with Crippen molar-refractivity contribution in [1.29, 1.82) is 0 Å². The molecule has 2 unspecified atom stereocenters. The minimum atomic E-state index is -0.0562. The van der Waals surface area contributed by atoms with Crippen LogP contribution in [0.25, 0.3) is 0 Å². The van der Waals surface area contributed by atoms with E-state index in [1.165, 1.54) is 7.05 Å². The number of allylic oxidation sites excluding steroid dienone is 3. The van der Waals surface area contributed by atoms with Crippen molar-refractivity contribution in [2.45, 2.75) is 85.8 Å². The number of carbonyl (C=O) groups excluding carboxylic acids is 2. The topological polar surface area (TPSA) is 84.7 Å². The van der Waals surface area contributed by atoms with Gasteiger partial charge in [-0.15, -0.1) is 6.58 Å². The van der Waals surface area contributed by atoms with E-state index in [4.69, 9.17) is 4.74 Å². The minimum Gasteiger partial charge on any atom is -0.378 e. The Bertz CT molecular complexity index is 465. The molecule has 1 aliphatic heterocycles. The number of ether oxygens (including phenoxy) is 1. The van der Waals surface area contributed by atoms with Crippen LogP contribution in [-0.4, -0.2) is 63.0 Å². The standard InChI is InChI=1S/C18H30N2O3.C3H6.2C2H6.CH5N/c1-4-9-15(2)18(22)19-16-10-12-20(14-17(16)23-3)11-7-5-6-8-13-21;1-3-2;3*1-2/h4,9,13,16-17H,1,5-8,10-12,14H2,2-3H3,(H,19,22);3H,1H2,2H3;2*1-2H3;2H2,1H3/b15-9+;;;;. The van der Waals surface area contributed by atoms with E-state index in [0.717, 1.165) is 51.6 Å². The van der Waals surface area contributed by atoms with Gasteiger partial charge < -0.3 is 25.5 Å². The molecule has 1 aliphatic rings. The van der Waals surface area contributed by atoms with Gasteiger partial charge in [-0.3, -0.25) is 4.79 Å². The zero-order valence-electron chi connectivity index (χ0n) is 22.3. The molecule has 0 aromatic carbocycles. The molecule has 0 aliphatic carbocycles. The van der Waals surface area contributed by atoms with E-state index in [0.29, 0.717) is 12.0 Å². The monoisotopic (exact) mass is 455 g/mol. The lowest BCUT2D eigenvalue weighted by molar-refractivity contribution is -0.120. The predicted molar refractivity (Wildman–Crippen MR) is 141 cm³/mol. The molecule has 1 heterocycles. The summed E-state index contributed by atoms with van der Waals surface area (Å²) in [6.07, 6.45) is 10.8. The SMILES string of the molecule is C=C/C=C(\C)C(=O)NC1CCN(CCCCCC=O)CC1OC.C=CC.CC.CC.CN. The van der Waals surface area contributed by atoms with Gasteiger partial charge in [-0.1, -0.05) is 58.9 Å². The number of piperidine rings is 1. The van der Waals surface area contributed by atoms with Gasteiger partial charge >= 0.3 is 0 Å². The van der Waals surface area contributed by atoms with E-state index in [2.05, 4.69) is 29.1 Å². The molecule has 0 aromatic rings. The quantitative estimate of drug-likeness (QED) is 0.161. The molecule has 3 N–H and O–H groups in total. The van der Waals surface area contributed by atoms with Gasteiger partial charge in [0, 0.05) is 32.2 Å². The summed E-state index contributed by atoms with van der Waals surface area (Å²) < 4.78 is 5.58. The number of methoxy groups -OCH3 is 1. The Morgan fingerprint density at radius 2 is 1.72 bits per heavy atom. The minimum absolute atomic E-state index is 0.0132. The highest BCUT2D eigenvalue weighted by atomic mass is 16.5. The molecule has 0 radical (unpaired) electrons. The van der Waals surface area contributed by atoms with Gasteiger partial charge in [0.25, 0.3) is 0 Å². The molecular weight excluding hydrogens is 402 g/mol. The summed E-state index contributed by atoms with van der Waals surface area (Å²) in [5, 5.41) is 3.06. The molecule has 1 saturated heterocycles. The maximum Gasteiger partial charge on any atom is 0.247 e. The van der Waals surface area contributed by atoms with Crippen molar-refractivity contribution in [3.05, 3.63) is 37.0 Å². The zero-order chi connectivity index (χ0) is 25.8. The van der Waals surface area contributed by atoms with E-state index in [1.807, 2.05) is 34.6 Å². The molecule has 32 heavy (non-hydrogen) atoms. The molecule has 0 bridgehead atoms. The molecule has 0 aromatic heterocycles. The third kappa shape index (κ3) is 21.5. The summed E-state index contributed by atoms with van der Waals surface area (Å²) in [5.74, 6) is -0.0562. The summed E-state index contributed by atoms with van der Waals surface area (Å²) in [6, 6.07) is 0.0481. The molecule has 6 heteroatoms. The van der Waals surface area contributed by atoms with Crippen LogP contribution in [-0.2, 0) is 14.3 Å². The fourth-order valence-electron chi connectivity index (χ4n) is 2.86. The van der Waals surface area contributed by atoms with Crippen molar-refractivity contribution in [3.8, 4) is 0 Å². The summed E-state index contributed by atoms with van der Waals surface area (Å²) in [6.45, 7) is 21.5. The normalized spacial score (nSPS) is 17.2. The molecule has 1 rings (SSSR count). The number of hydrogen-bond donors (Lipinski definition) is 2. The van der Waals surface area contributed by atoms with Gasteiger partial charge in [0.15, 0.2) is 0 Å². The highest BCUT2D eigenvalue weighted by Gasteiger charge is 2.30. The fraction of sp³-hybridized carbons (Fsp3) is 0.692. The first-order valence-corrected chi connectivity index (χ1v) is 12.0. The first-order valence-electron chi connectivity index (χ1n) is 12.0. The Kier molecular flexibility index (Phi) is 36.9. The number of nitrogens with zero attached hydrogens (tertiary/aromatic N) is 1. The second-order valence-corrected chi connectivity index (χ2v) is 6.45. The lowest BCUT2D eigenvalue weighted by Gasteiger charge is -2.38. The summed E-state index contributed by atoms with van der Waals surface area (Å²) >= 11 is 0. The number of amides is 1. The van der Waals surface area contributed by atoms with E-state index in [1.54, 1.807) is 32.3 Å². The number of hydrogen-bond acceptors (Lipinski definition) is 5. The number of rotatable bonds is 10. The predicted octanol–water partition coefficient (Wildman–Crippen LogP) is 4.90. The van der Waals surface area contributed by atoms with E-state index in [9.17, 15) is 9.59 Å². The molecule has 0 spiro atoms. The van der Waals surface area contributed by atoms with Crippen LogP contribution in [0.3, 0.4) is 0 Å². The van der Waals surface area contributed by atoms with Crippen LogP contribution in [0, 0.1) is 0 Å². The summed E-state index contributed by atoms with van der Waals surface area (Å²) in [5.41, 5.74) is 5.16. The van der Waals surface area contributed by atoms with Gasteiger partial charge in [0.2, 0.25) is 5.91 Å². The highest BCUT2D eigenvalue weighted by Crippen LogP contribution is 2.15. The average molecular weight is 456 g/mol. The number of carbonyl (C=O) groups is 2. The summed E-state index contributed by atoms with van der Waals surface area (Å²) in [4.78, 5) is 24.8. The lowest BCUT2D eigenvalue weighted by atomic mass is 10.0. The Hall–Kier alpha value is -1.76. The van der Waals surface area contributed by atoms with Crippen LogP contribution >= 0.6 is 0 Å². The van der Waals surface area contributed by atoms with Gasteiger partial charge in [0.1, 0.15) is 6.29 Å². The van der Waals surface area contributed by atoms with Gasteiger partial charge in [-0.05, 0) is 46.7 Å². The van der Waals surface area contributed by atoms with Gasteiger partial charge in [0.05, 0.1) is 12.1 Å². The van der Waals surface area contributed by atoms with Crippen molar-refractivity contribution in [3.63, 3.8) is 0 Å². The molecule has 190 valence electrons. The average Bonchev–Trinajstić information content (AvgIpc) is 2.84. The van der Waals surface area contributed by atoms with Crippen molar-refractivity contribution >= 4 is 12.2 Å². The Labute approximate surface area is 199 Å². The third-order valence-corrected chi connectivity index (χ3v) is 4.28. The lowest BCUT2D eigenvalue weighted by Crippen LogP contribution is -2.55. The Morgan fingerprint density at radius 3 is 2.19 bits per heavy atom. The number of nitrogens with one attached hydrogen (secondary N) is 1. The van der Waals surface area contributed by atoms with Crippen LogP contribution < -0.4 is 11.1 Å². The molecule has 0 saturated carbocycles. The Morgan fingerprint density at radius 1 is 1.16 bits per heavy atom. The first kappa shape index (κ1) is 37.5. The zero-order valence-corrected chi connectivity index (χ0v) is 22.3. The van der Waals surface area contributed by atoms with Gasteiger partial charge in [-0.25, -0.2) is 0 Å². The van der Waals surface area contributed by atoms with Crippen LogP contribution in [0.15, 0.2) is 37.0 Å². The van der Waals surface area contributed by atoms with E-state index >= 15 is 0 Å². The van der Waals surface area contributed by atoms with Crippen molar-refractivity contribution < 1.29 is 14.3 Å². The summed E-state index contributed by atoms with van der Waals surface area (Å²) in [7, 11) is 3.20. The third-order valence-electron chi connectivity index (χ3n) is 4.28. The fourth-order valence-corrected chi connectivity index (χ4v) is 2.86. The van der Waals surface area contributed by atoms with Crippen LogP contribution in [0.4, 0.5) is 0 Å². The number of aldehydes is 1. The van der Waals surface area contributed by atoms with Crippen molar-refractivity contribution in [2.75, 3.05) is 33.8 Å².